The fraction of sp³-hybridized carbons (Fsp3) is 0.222. The molecule has 1 amide bonds. The molecule has 0 saturated carbocycles. The first-order valence-electron chi connectivity index (χ1n) is 7.42. The van der Waals surface area contributed by atoms with Crippen molar-refractivity contribution in [1.29, 1.82) is 0 Å². The molecule has 0 saturated heterocycles. The van der Waals surface area contributed by atoms with E-state index in [-0.39, 0.29) is 5.69 Å². The van der Waals surface area contributed by atoms with Crippen molar-refractivity contribution in [3.63, 3.8) is 0 Å². The molecule has 0 aromatic heterocycles. The monoisotopic (exact) mass is 330 g/mol. The van der Waals surface area contributed by atoms with Gasteiger partial charge < -0.3 is 15.0 Å². The van der Waals surface area contributed by atoms with E-state index in [0.717, 1.165) is 5.69 Å². The summed E-state index contributed by atoms with van der Waals surface area (Å²) in [5.41, 5.74) is 1.22. The van der Waals surface area contributed by atoms with Gasteiger partial charge in [-0.25, -0.2) is 9.18 Å². The molecule has 1 atom stereocenters. The minimum atomic E-state index is -1.06. The molecule has 2 rings (SSSR count). The Morgan fingerprint density at radius 1 is 1.12 bits per heavy atom. The lowest BCUT2D eigenvalue weighted by Crippen LogP contribution is -2.30. The van der Waals surface area contributed by atoms with Crippen molar-refractivity contribution >= 4 is 23.3 Å². The number of nitrogens with one attached hydrogen (secondary N) is 1. The highest BCUT2D eigenvalue weighted by atomic mass is 19.1. The number of anilines is 2. The summed E-state index contributed by atoms with van der Waals surface area (Å²) in [5.74, 6) is -1.77. The van der Waals surface area contributed by atoms with E-state index in [4.69, 9.17) is 4.74 Å². The molecule has 126 valence electrons. The van der Waals surface area contributed by atoms with Crippen LogP contribution in [0.5, 0.6) is 0 Å². The van der Waals surface area contributed by atoms with Crippen molar-refractivity contribution in [2.45, 2.75) is 13.0 Å². The van der Waals surface area contributed by atoms with Crippen molar-refractivity contribution in [3.8, 4) is 0 Å². The zero-order valence-electron chi connectivity index (χ0n) is 13.7. The molecule has 0 bridgehead atoms. The van der Waals surface area contributed by atoms with Crippen LogP contribution in [0.1, 0.15) is 17.3 Å². The second-order valence-electron chi connectivity index (χ2n) is 5.46. The Morgan fingerprint density at radius 3 is 2.50 bits per heavy atom. The maximum atomic E-state index is 13.5. The lowest BCUT2D eigenvalue weighted by Gasteiger charge is -2.16. The molecule has 0 radical (unpaired) electrons. The summed E-state index contributed by atoms with van der Waals surface area (Å²) in [6.45, 7) is 1.43. The smallest absolute Gasteiger partial charge is 0.338 e. The summed E-state index contributed by atoms with van der Waals surface area (Å²) < 4.78 is 18.7. The lowest BCUT2D eigenvalue weighted by atomic mass is 10.2. The zero-order chi connectivity index (χ0) is 17.7. The van der Waals surface area contributed by atoms with E-state index in [2.05, 4.69) is 5.32 Å². The van der Waals surface area contributed by atoms with Crippen molar-refractivity contribution in [3.05, 3.63) is 59.9 Å². The second kappa shape index (κ2) is 7.59. The number of esters is 1. The number of benzene rings is 2. The van der Waals surface area contributed by atoms with Gasteiger partial charge in [0.05, 0.1) is 11.3 Å². The summed E-state index contributed by atoms with van der Waals surface area (Å²) in [7, 11) is 3.71. The number of ether oxygens (including phenoxy) is 1. The first-order chi connectivity index (χ1) is 11.4. The van der Waals surface area contributed by atoms with E-state index in [1.165, 1.54) is 25.1 Å². The summed E-state index contributed by atoms with van der Waals surface area (Å²) in [5, 5.41) is 2.40. The standard InChI is InChI=1S/C18H19FN2O3/c1-12(17(22)20-16-10-5-4-9-15(16)19)24-18(23)13-7-6-8-14(11-13)21(2)3/h4-12H,1-3H3,(H,20,22)/t12-/m1/s1. The lowest BCUT2D eigenvalue weighted by molar-refractivity contribution is -0.123. The largest absolute Gasteiger partial charge is 0.449 e. The van der Waals surface area contributed by atoms with Gasteiger partial charge in [-0.3, -0.25) is 4.79 Å². The molecule has 6 heteroatoms. The fourth-order valence-electron chi connectivity index (χ4n) is 1.99. The van der Waals surface area contributed by atoms with Crippen LogP contribution in [0.25, 0.3) is 0 Å². The van der Waals surface area contributed by atoms with Crippen LogP contribution in [0.15, 0.2) is 48.5 Å². The number of amides is 1. The van der Waals surface area contributed by atoms with Crippen molar-refractivity contribution < 1.29 is 18.7 Å². The van der Waals surface area contributed by atoms with Gasteiger partial charge in [0.25, 0.3) is 5.91 Å². The third-order valence-electron chi connectivity index (χ3n) is 3.38. The number of carbonyl (C=O) groups excluding carboxylic acids is 2. The van der Waals surface area contributed by atoms with E-state index < -0.39 is 23.8 Å². The molecule has 1 N–H and O–H groups in total. The number of nitrogens with zero attached hydrogens (tertiary/aromatic N) is 1. The maximum Gasteiger partial charge on any atom is 0.338 e. The molecule has 0 spiro atoms. The molecule has 24 heavy (non-hydrogen) atoms. The number of rotatable bonds is 5. The molecule has 0 aliphatic rings. The summed E-state index contributed by atoms with van der Waals surface area (Å²) in [4.78, 5) is 26.1. The Hall–Kier alpha value is -2.89. The summed E-state index contributed by atoms with van der Waals surface area (Å²) in [6, 6.07) is 12.7. The third-order valence-corrected chi connectivity index (χ3v) is 3.38. The van der Waals surface area contributed by atoms with Crippen LogP contribution < -0.4 is 10.2 Å². The summed E-state index contributed by atoms with van der Waals surface area (Å²) in [6.07, 6.45) is -1.06. The van der Waals surface area contributed by atoms with Crippen LogP contribution >= 0.6 is 0 Å². The Morgan fingerprint density at radius 2 is 1.83 bits per heavy atom. The van der Waals surface area contributed by atoms with Gasteiger partial charge in [-0.1, -0.05) is 18.2 Å². The molecular weight excluding hydrogens is 311 g/mol. The van der Waals surface area contributed by atoms with E-state index >= 15 is 0 Å². The van der Waals surface area contributed by atoms with Crippen LogP contribution in [0.3, 0.4) is 0 Å². The zero-order valence-corrected chi connectivity index (χ0v) is 13.7. The number of halogens is 1. The Bertz CT molecular complexity index is 747. The van der Waals surface area contributed by atoms with E-state index in [1.807, 2.05) is 25.1 Å². The average Bonchev–Trinajstić information content (AvgIpc) is 2.56. The molecule has 0 aliphatic heterocycles. The summed E-state index contributed by atoms with van der Waals surface area (Å²) >= 11 is 0. The van der Waals surface area contributed by atoms with Crippen LogP contribution in [0.2, 0.25) is 0 Å². The minimum Gasteiger partial charge on any atom is -0.449 e. The first-order valence-corrected chi connectivity index (χ1v) is 7.42. The molecule has 5 nitrogen and oxygen atoms in total. The highest BCUT2D eigenvalue weighted by Crippen LogP contribution is 2.16. The number of carbonyl (C=O) groups is 2. The normalized spacial score (nSPS) is 11.5. The molecule has 2 aromatic rings. The van der Waals surface area contributed by atoms with Crippen LogP contribution in [0.4, 0.5) is 15.8 Å². The highest BCUT2D eigenvalue weighted by Gasteiger charge is 2.20. The maximum absolute atomic E-state index is 13.5. The first kappa shape index (κ1) is 17.5. The topological polar surface area (TPSA) is 58.6 Å². The Labute approximate surface area is 140 Å². The Kier molecular flexibility index (Phi) is 5.52. The molecular formula is C18H19FN2O3. The van der Waals surface area contributed by atoms with Gasteiger partial charge in [0.2, 0.25) is 0 Å². The number of hydrogen-bond acceptors (Lipinski definition) is 4. The van der Waals surface area contributed by atoms with E-state index in [1.54, 1.807) is 24.3 Å². The molecule has 2 aromatic carbocycles. The predicted molar refractivity (Wildman–Crippen MR) is 90.7 cm³/mol. The van der Waals surface area contributed by atoms with Crippen molar-refractivity contribution in [1.82, 2.24) is 0 Å². The van der Waals surface area contributed by atoms with Gasteiger partial charge in [0.15, 0.2) is 6.10 Å². The SMILES string of the molecule is C[C@@H](OC(=O)c1cccc(N(C)C)c1)C(=O)Nc1ccccc1F. The van der Waals surface area contributed by atoms with Gasteiger partial charge in [-0.2, -0.15) is 0 Å². The van der Waals surface area contributed by atoms with Gasteiger partial charge in [-0.05, 0) is 37.3 Å². The van der Waals surface area contributed by atoms with Crippen LogP contribution in [-0.4, -0.2) is 32.1 Å². The van der Waals surface area contributed by atoms with E-state index in [9.17, 15) is 14.0 Å². The Balaban J connectivity index is 2.02. The van der Waals surface area contributed by atoms with Gasteiger partial charge in [-0.15, -0.1) is 0 Å². The average molecular weight is 330 g/mol. The van der Waals surface area contributed by atoms with Gasteiger partial charge in [0, 0.05) is 19.8 Å². The molecule has 0 aliphatic carbocycles. The molecule has 0 fully saturated rings. The van der Waals surface area contributed by atoms with Crippen molar-refractivity contribution in [2.24, 2.45) is 0 Å². The third kappa shape index (κ3) is 4.32. The van der Waals surface area contributed by atoms with Crippen LogP contribution in [-0.2, 0) is 9.53 Å². The fourth-order valence-corrected chi connectivity index (χ4v) is 1.99. The number of hydrogen-bond donors (Lipinski definition) is 1. The van der Waals surface area contributed by atoms with Gasteiger partial charge in [0.1, 0.15) is 5.82 Å². The van der Waals surface area contributed by atoms with Crippen molar-refractivity contribution in [2.75, 3.05) is 24.3 Å². The van der Waals surface area contributed by atoms with Gasteiger partial charge >= 0.3 is 5.97 Å². The highest BCUT2D eigenvalue weighted by molar-refractivity contribution is 5.97. The number of para-hydroxylation sites is 1. The van der Waals surface area contributed by atoms with E-state index in [0.29, 0.717) is 5.56 Å². The molecule has 0 heterocycles. The molecule has 0 unspecified atom stereocenters. The second-order valence-corrected chi connectivity index (χ2v) is 5.46. The quantitative estimate of drug-likeness (QED) is 0.856. The minimum absolute atomic E-state index is 0.0417. The van der Waals surface area contributed by atoms with Crippen LogP contribution in [0, 0.1) is 5.82 Å². The predicted octanol–water partition coefficient (Wildman–Crippen LogP) is 3.08.